The molecule has 0 aromatic heterocycles. The van der Waals surface area contributed by atoms with Gasteiger partial charge < -0.3 is 26.2 Å². The first kappa shape index (κ1) is 27.6. The van der Waals surface area contributed by atoms with Gasteiger partial charge in [0.25, 0.3) is 11.6 Å². The number of aliphatic hydroxyl groups is 3. The van der Waals surface area contributed by atoms with Crippen LogP contribution in [0.5, 0.6) is 5.75 Å². The maximum absolute atomic E-state index is 13.9. The van der Waals surface area contributed by atoms with Gasteiger partial charge in [-0.3, -0.25) is 29.4 Å². The largest absolute Gasteiger partial charge is 0.508 e. The summed E-state index contributed by atoms with van der Waals surface area (Å²) in [7, 11) is 3.05. The summed E-state index contributed by atoms with van der Waals surface area (Å²) in [6.45, 7) is 0. The van der Waals surface area contributed by atoms with E-state index in [0.29, 0.717) is 16.7 Å². The van der Waals surface area contributed by atoms with Crippen molar-refractivity contribution in [3.63, 3.8) is 0 Å². The molecule has 2 unspecified atom stereocenters. The zero-order valence-corrected chi connectivity index (χ0v) is 21.9. The Morgan fingerprint density at radius 2 is 1.76 bits per heavy atom. The lowest BCUT2D eigenvalue weighted by Gasteiger charge is -2.50. The van der Waals surface area contributed by atoms with E-state index < -0.39 is 63.0 Å². The number of rotatable bonds is 3. The topological polar surface area (TPSA) is 205 Å². The van der Waals surface area contributed by atoms with Crippen molar-refractivity contribution in [3.05, 3.63) is 85.7 Å². The molecular weight excluding hydrogens is 534 g/mol. The van der Waals surface area contributed by atoms with Crippen LogP contribution in [-0.4, -0.2) is 73.5 Å². The number of hydrogen-bond donors (Lipinski definition) is 5. The highest BCUT2D eigenvalue weighted by Gasteiger charge is 2.64. The van der Waals surface area contributed by atoms with Crippen LogP contribution in [0, 0.1) is 33.8 Å². The van der Waals surface area contributed by atoms with E-state index in [-0.39, 0.29) is 35.4 Å². The van der Waals surface area contributed by atoms with Crippen molar-refractivity contribution >= 4 is 28.9 Å². The molecule has 41 heavy (non-hydrogen) atoms. The summed E-state index contributed by atoms with van der Waals surface area (Å²) in [4.78, 5) is 51.0. The van der Waals surface area contributed by atoms with Gasteiger partial charge in [-0.05, 0) is 62.7 Å². The monoisotopic (exact) mass is 559 g/mol. The number of phenolic OH excluding ortho intramolecular Hbond substituents is 1. The molecule has 1 saturated carbocycles. The fraction of sp³-hybridized carbons (Fsp3) is 0.276. The number of carbonyl (C=O) groups excluding carboxylic acids is 3. The number of nitrogens with zero attached hydrogens (tertiary/aromatic N) is 2. The lowest BCUT2D eigenvalue weighted by atomic mass is 9.57. The third-order valence-corrected chi connectivity index (χ3v) is 8.02. The van der Waals surface area contributed by atoms with Crippen LogP contribution in [-0.2, 0) is 20.8 Å². The van der Waals surface area contributed by atoms with Gasteiger partial charge >= 0.3 is 0 Å². The number of aromatic hydroxyl groups is 1. The van der Waals surface area contributed by atoms with E-state index in [4.69, 9.17) is 5.73 Å². The standard InChI is InChI=1S/C29H25N3O9/c1-31(2)23-18-12-15-11-17-14(6-3-13-4-8-16(9-5-13)32(40)41)7-10-19(33)21(17)24(34)20(15)26(36)29(18,39)27(37)22(25(23)35)28(30)38/h4-5,7-10,15,18,23,33-34,37,39H,11-12H2,1-2H3,(H2,30,38)/t15?,18?,23-,29-/m0/s1. The molecular formula is C29H25N3O9. The minimum atomic E-state index is -2.71. The van der Waals surface area contributed by atoms with Crippen LogP contribution in [0.2, 0.25) is 0 Å². The molecule has 2 aromatic carbocycles. The summed E-state index contributed by atoms with van der Waals surface area (Å²) in [6, 6.07) is 7.22. The fourth-order valence-electron chi connectivity index (χ4n) is 6.17. The quantitative estimate of drug-likeness (QED) is 0.158. The molecule has 2 aromatic rings. The van der Waals surface area contributed by atoms with Crippen LogP contribution in [0.3, 0.4) is 0 Å². The Hall–Kier alpha value is -4.99. The Bertz CT molecular complexity index is 1680. The predicted octanol–water partition coefficient (Wildman–Crippen LogP) is 1.27. The fourth-order valence-corrected chi connectivity index (χ4v) is 6.17. The number of aliphatic hydroxyl groups excluding tert-OH is 2. The second-order valence-electron chi connectivity index (χ2n) is 10.5. The molecule has 0 saturated heterocycles. The third-order valence-electron chi connectivity index (χ3n) is 8.02. The number of phenols is 1. The summed E-state index contributed by atoms with van der Waals surface area (Å²) >= 11 is 0. The zero-order valence-electron chi connectivity index (χ0n) is 21.9. The second kappa shape index (κ2) is 9.58. The molecule has 0 radical (unpaired) electrons. The number of amides is 1. The average molecular weight is 560 g/mol. The molecule has 0 heterocycles. The molecule has 0 spiro atoms. The number of nitrogens with two attached hydrogens (primary N) is 1. The number of carbonyl (C=O) groups is 3. The number of fused-ring (bicyclic) bond motifs is 3. The highest BCUT2D eigenvalue weighted by molar-refractivity contribution is 6.24. The van der Waals surface area contributed by atoms with Crippen molar-refractivity contribution in [2.45, 2.75) is 24.5 Å². The van der Waals surface area contributed by atoms with E-state index >= 15 is 0 Å². The van der Waals surface area contributed by atoms with Gasteiger partial charge in [-0.25, -0.2) is 0 Å². The lowest BCUT2D eigenvalue weighted by Crippen LogP contribution is -2.65. The predicted molar refractivity (Wildman–Crippen MR) is 143 cm³/mol. The highest BCUT2D eigenvalue weighted by atomic mass is 16.6. The van der Waals surface area contributed by atoms with Crippen molar-refractivity contribution in [1.29, 1.82) is 0 Å². The number of non-ortho nitro benzene ring substituents is 1. The Morgan fingerprint density at radius 1 is 1.10 bits per heavy atom. The van der Waals surface area contributed by atoms with Gasteiger partial charge in [0.05, 0.1) is 16.5 Å². The van der Waals surface area contributed by atoms with E-state index in [1.54, 1.807) is 0 Å². The first-order valence-electron chi connectivity index (χ1n) is 12.5. The Balaban J connectivity index is 1.64. The van der Waals surface area contributed by atoms with Gasteiger partial charge in [-0.1, -0.05) is 11.8 Å². The van der Waals surface area contributed by atoms with Crippen molar-refractivity contribution < 1.29 is 39.7 Å². The molecule has 6 N–H and O–H groups in total. The Kier molecular flexibility index (Phi) is 6.44. The SMILES string of the molecule is CN(C)[C@@H]1C(=O)C(C(N)=O)=C(O)[C@@]2(O)C(=O)C3=C(O)c4c(O)ccc(C#Cc5ccc([N+](=O)[O-])cc5)c4CC3CC12. The van der Waals surface area contributed by atoms with Gasteiger partial charge in [0.15, 0.2) is 11.4 Å². The van der Waals surface area contributed by atoms with Gasteiger partial charge in [0, 0.05) is 34.8 Å². The molecule has 1 amide bonds. The van der Waals surface area contributed by atoms with E-state index in [9.17, 15) is 44.9 Å². The molecule has 12 nitrogen and oxygen atoms in total. The van der Waals surface area contributed by atoms with Crippen LogP contribution >= 0.6 is 0 Å². The molecule has 0 aliphatic heterocycles. The maximum Gasteiger partial charge on any atom is 0.269 e. The molecule has 12 heteroatoms. The number of primary amides is 1. The minimum Gasteiger partial charge on any atom is -0.508 e. The van der Waals surface area contributed by atoms with E-state index in [0.717, 1.165) is 0 Å². The molecule has 0 bridgehead atoms. The van der Waals surface area contributed by atoms with E-state index in [1.807, 2.05) is 0 Å². The Morgan fingerprint density at radius 3 is 2.34 bits per heavy atom. The van der Waals surface area contributed by atoms with E-state index in [1.165, 1.54) is 55.4 Å². The van der Waals surface area contributed by atoms with Crippen LogP contribution in [0.25, 0.3) is 5.76 Å². The summed E-state index contributed by atoms with van der Waals surface area (Å²) in [5.41, 5.74) is 2.63. The van der Waals surface area contributed by atoms with Gasteiger partial charge in [-0.15, -0.1) is 0 Å². The van der Waals surface area contributed by atoms with Gasteiger partial charge in [0.2, 0.25) is 5.78 Å². The van der Waals surface area contributed by atoms with Gasteiger partial charge in [0.1, 0.15) is 22.8 Å². The number of hydrogen-bond acceptors (Lipinski definition) is 10. The number of Topliss-reactive ketones (excluding diaryl/α,β-unsaturated/α-hetero) is 2. The maximum atomic E-state index is 13.9. The van der Waals surface area contributed by atoms with Crippen LogP contribution < -0.4 is 5.73 Å². The summed E-state index contributed by atoms with van der Waals surface area (Å²) < 4.78 is 0. The first-order chi connectivity index (χ1) is 19.3. The first-order valence-corrected chi connectivity index (χ1v) is 12.5. The molecule has 210 valence electrons. The van der Waals surface area contributed by atoms with E-state index in [2.05, 4.69) is 11.8 Å². The normalized spacial score (nSPS) is 25.2. The van der Waals surface area contributed by atoms with Crippen LogP contribution in [0.1, 0.15) is 28.7 Å². The smallest absolute Gasteiger partial charge is 0.269 e. The lowest BCUT2D eigenvalue weighted by molar-refractivity contribution is -0.384. The van der Waals surface area contributed by atoms with Crippen molar-refractivity contribution in [2.75, 3.05) is 14.1 Å². The molecule has 3 aliphatic carbocycles. The molecule has 5 rings (SSSR count). The summed E-state index contributed by atoms with van der Waals surface area (Å²) in [6.07, 6.45) is 0.0455. The molecule has 3 aliphatic rings. The third kappa shape index (κ3) is 4.05. The second-order valence-corrected chi connectivity index (χ2v) is 10.5. The van der Waals surface area contributed by atoms with Crippen LogP contribution in [0.15, 0.2) is 53.3 Å². The number of nitro groups is 1. The van der Waals surface area contributed by atoms with Crippen molar-refractivity contribution in [3.8, 4) is 17.6 Å². The van der Waals surface area contributed by atoms with Crippen LogP contribution in [0.4, 0.5) is 5.69 Å². The van der Waals surface area contributed by atoms with Crippen molar-refractivity contribution in [1.82, 2.24) is 4.90 Å². The molecule has 1 fully saturated rings. The number of ketones is 2. The van der Waals surface area contributed by atoms with Crippen molar-refractivity contribution in [2.24, 2.45) is 17.6 Å². The average Bonchev–Trinajstić information content (AvgIpc) is 2.90. The summed E-state index contributed by atoms with van der Waals surface area (Å²) in [5.74, 6) is -1.42. The zero-order chi connectivity index (χ0) is 30.0. The number of nitro benzene ring substituents is 1. The number of benzene rings is 2. The van der Waals surface area contributed by atoms with Gasteiger partial charge in [-0.2, -0.15) is 0 Å². The number of likely N-dealkylation sites (N-methyl/N-ethyl adjacent to an activating group) is 1. The Labute approximate surface area is 233 Å². The minimum absolute atomic E-state index is 0.0450. The highest BCUT2D eigenvalue weighted by Crippen LogP contribution is 2.52. The molecule has 4 atom stereocenters. The summed E-state index contributed by atoms with van der Waals surface area (Å²) in [5, 5.41) is 55.4.